The van der Waals surface area contributed by atoms with Crippen LogP contribution in [0.15, 0.2) is 30.7 Å². The fourth-order valence-corrected chi connectivity index (χ4v) is 1.99. The number of aryl methyl sites for hydroxylation is 2. The monoisotopic (exact) mass is 244 g/mol. The normalized spacial score (nSPS) is 12.6. The molecule has 4 nitrogen and oxygen atoms in total. The van der Waals surface area contributed by atoms with Gasteiger partial charge in [-0.25, -0.2) is 0 Å². The second-order valence-corrected chi connectivity index (χ2v) is 4.59. The average molecular weight is 244 g/mol. The molecule has 18 heavy (non-hydrogen) atoms. The van der Waals surface area contributed by atoms with Crippen molar-refractivity contribution in [2.75, 3.05) is 6.54 Å². The first-order chi connectivity index (χ1) is 8.70. The number of nitrogens with zero attached hydrogens (tertiary/aromatic N) is 3. The molecular formula is C14H20N4. The summed E-state index contributed by atoms with van der Waals surface area (Å²) < 4.78 is 1.83. The van der Waals surface area contributed by atoms with Crippen LogP contribution in [0.1, 0.15) is 36.2 Å². The van der Waals surface area contributed by atoms with Crippen molar-refractivity contribution in [1.29, 1.82) is 0 Å². The van der Waals surface area contributed by atoms with Crippen LogP contribution in [0.5, 0.6) is 0 Å². The molecule has 0 saturated heterocycles. The Morgan fingerprint density at radius 3 is 2.89 bits per heavy atom. The Kier molecular flexibility index (Phi) is 4.10. The zero-order valence-electron chi connectivity index (χ0n) is 11.2. The maximum Gasteiger partial charge on any atom is 0.0782 e. The summed E-state index contributed by atoms with van der Waals surface area (Å²) in [5.41, 5.74) is 3.44. The van der Waals surface area contributed by atoms with Gasteiger partial charge in [0.05, 0.1) is 17.9 Å². The first kappa shape index (κ1) is 12.8. The summed E-state index contributed by atoms with van der Waals surface area (Å²) in [6.45, 7) is 5.22. The van der Waals surface area contributed by atoms with Crippen LogP contribution in [0.4, 0.5) is 0 Å². The third-order valence-corrected chi connectivity index (χ3v) is 2.89. The molecule has 0 amide bonds. The van der Waals surface area contributed by atoms with Crippen LogP contribution in [0.3, 0.4) is 0 Å². The topological polar surface area (TPSA) is 42.7 Å². The summed E-state index contributed by atoms with van der Waals surface area (Å²) in [5, 5.41) is 7.77. The zero-order chi connectivity index (χ0) is 13.0. The van der Waals surface area contributed by atoms with Gasteiger partial charge in [-0.2, -0.15) is 5.10 Å². The average Bonchev–Trinajstić information content (AvgIpc) is 2.76. The van der Waals surface area contributed by atoms with E-state index in [0.717, 1.165) is 24.2 Å². The number of rotatable bonds is 5. The minimum Gasteiger partial charge on any atom is -0.305 e. The Balaban J connectivity index is 2.30. The van der Waals surface area contributed by atoms with Crippen molar-refractivity contribution >= 4 is 0 Å². The molecule has 0 fully saturated rings. The highest BCUT2D eigenvalue weighted by atomic mass is 15.2. The van der Waals surface area contributed by atoms with Gasteiger partial charge in [-0.3, -0.25) is 9.67 Å². The van der Waals surface area contributed by atoms with E-state index in [0.29, 0.717) is 0 Å². The summed E-state index contributed by atoms with van der Waals surface area (Å²) in [4.78, 5) is 4.48. The number of nitrogens with one attached hydrogen (secondary N) is 1. The molecular weight excluding hydrogens is 224 g/mol. The summed E-state index contributed by atoms with van der Waals surface area (Å²) in [7, 11) is 1.93. The molecule has 96 valence electrons. The molecule has 0 aromatic carbocycles. The smallest absolute Gasteiger partial charge is 0.0782 e. The van der Waals surface area contributed by atoms with E-state index in [1.54, 1.807) is 0 Å². The first-order valence-corrected chi connectivity index (χ1v) is 6.35. The molecule has 2 rings (SSSR count). The van der Waals surface area contributed by atoms with E-state index in [1.165, 1.54) is 5.56 Å². The van der Waals surface area contributed by atoms with Crippen LogP contribution in [0.2, 0.25) is 0 Å². The Morgan fingerprint density at radius 2 is 2.28 bits per heavy atom. The van der Waals surface area contributed by atoms with Gasteiger partial charge < -0.3 is 5.32 Å². The molecule has 0 radical (unpaired) electrons. The van der Waals surface area contributed by atoms with Gasteiger partial charge in [-0.15, -0.1) is 0 Å². The van der Waals surface area contributed by atoms with E-state index in [9.17, 15) is 0 Å². The van der Waals surface area contributed by atoms with Gasteiger partial charge in [0.1, 0.15) is 0 Å². The fourth-order valence-electron chi connectivity index (χ4n) is 1.99. The van der Waals surface area contributed by atoms with Crippen LogP contribution in [0.25, 0.3) is 0 Å². The third-order valence-electron chi connectivity index (χ3n) is 2.89. The lowest BCUT2D eigenvalue weighted by Gasteiger charge is -2.16. The number of pyridine rings is 1. The molecule has 0 aliphatic heterocycles. The SMILES string of the molecule is CCCNC(c1cnn(C)c1)c1cc(C)ccn1. The molecule has 2 aromatic heterocycles. The van der Waals surface area contributed by atoms with Crippen LogP contribution in [-0.4, -0.2) is 21.3 Å². The predicted octanol–water partition coefficient (Wildman–Crippen LogP) is 2.21. The quantitative estimate of drug-likeness (QED) is 0.877. The van der Waals surface area contributed by atoms with Crippen LogP contribution < -0.4 is 5.32 Å². The highest BCUT2D eigenvalue weighted by molar-refractivity contribution is 5.26. The predicted molar refractivity (Wildman–Crippen MR) is 72.3 cm³/mol. The van der Waals surface area contributed by atoms with E-state index >= 15 is 0 Å². The Morgan fingerprint density at radius 1 is 1.44 bits per heavy atom. The first-order valence-electron chi connectivity index (χ1n) is 6.35. The zero-order valence-corrected chi connectivity index (χ0v) is 11.2. The third kappa shape index (κ3) is 2.96. The van der Waals surface area contributed by atoms with E-state index in [-0.39, 0.29) is 6.04 Å². The van der Waals surface area contributed by atoms with Crippen LogP contribution in [-0.2, 0) is 7.05 Å². The lowest BCUT2D eigenvalue weighted by Crippen LogP contribution is -2.23. The van der Waals surface area contributed by atoms with Gasteiger partial charge in [0, 0.05) is 25.0 Å². The van der Waals surface area contributed by atoms with Crippen molar-refractivity contribution in [2.24, 2.45) is 7.05 Å². The van der Waals surface area contributed by atoms with Crippen molar-refractivity contribution in [3.05, 3.63) is 47.5 Å². The second-order valence-electron chi connectivity index (χ2n) is 4.59. The standard InChI is InChI=1S/C14H20N4/c1-4-6-16-14(12-9-17-18(3)10-12)13-8-11(2)5-7-15-13/h5,7-10,14,16H,4,6H2,1-3H3. The maximum absolute atomic E-state index is 4.48. The van der Waals surface area contributed by atoms with Crippen molar-refractivity contribution in [1.82, 2.24) is 20.1 Å². The van der Waals surface area contributed by atoms with Crippen molar-refractivity contribution < 1.29 is 0 Å². The van der Waals surface area contributed by atoms with E-state index < -0.39 is 0 Å². The Bertz CT molecular complexity index is 504. The van der Waals surface area contributed by atoms with Gasteiger partial charge in [0.2, 0.25) is 0 Å². The van der Waals surface area contributed by atoms with Crippen LogP contribution >= 0.6 is 0 Å². The molecule has 4 heteroatoms. The summed E-state index contributed by atoms with van der Waals surface area (Å²) >= 11 is 0. The number of aromatic nitrogens is 3. The Labute approximate surface area is 108 Å². The van der Waals surface area contributed by atoms with Gasteiger partial charge in [-0.05, 0) is 37.6 Å². The lowest BCUT2D eigenvalue weighted by atomic mass is 10.1. The minimum atomic E-state index is 0.124. The molecule has 0 aliphatic carbocycles. The van der Waals surface area contributed by atoms with Crippen molar-refractivity contribution in [3.8, 4) is 0 Å². The van der Waals surface area contributed by atoms with Gasteiger partial charge in [0.25, 0.3) is 0 Å². The molecule has 2 heterocycles. The maximum atomic E-state index is 4.48. The van der Waals surface area contributed by atoms with E-state index in [1.807, 2.05) is 36.4 Å². The lowest BCUT2D eigenvalue weighted by molar-refractivity contribution is 0.585. The van der Waals surface area contributed by atoms with Crippen molar-refractivity contribution in [3.63, 3.8) is 0 Å². The van der Waals surface area contributed by atoms with Gasteiger partial charge >= 0.3 is 0 Å². The highest BCUT2D eigenvalue weighted by Gasteiger charge is 2.16. The molecule has 0 spiro atoms. The van der Waals surface area contributed by atoms with Gasteiger partial charge in [0.15, 0.2) is 0 Å². The molecule has 0 saturated carbocycles. The molecule has 1 N–H and O–H groups in total. The summed E-state index contributed by atoms with van der Waals surface area (Å²) in [5.74, 6) is 0. The molecule has 1 atom stereocenters. The summed E-state index contributed by atoms with van der Waals surface area (Å²) in [6.07, 6.45) is 6.90. The summed E-state index contributed by atoms with van der Waals surface area (Å²) in [6, 6.07) is 4.27. The van der Waals surface area contributed by atoms with E-state index in [2.05, 4.69) is 35.3 Å². The van der Waals surface area contributed by atoms with Crippen molar-refractivity contribution in [2.45, 2.75) is 26.3 Å². The highest BCUT2D eigenvalue weighted by Crippen LogP contribution is 2.20. The van der Waals surface area contributed by atoms with Gasteiger partial charge in [-0.1, -0.05) is 6.92 Å². The largest absolute Gasteiger partial charge is 0.305 e. The molecule has 0 aliphatic rings. The van der Waals surface area contributed by atoms with E-state index in [4.69, 9.17) is 0 Å². The number of hydrogen-bond donors (Lipinski definition) is 1. The second kappa shape index (κ2) is 5.78. The molecule has 0 bridgehead atoms. The molecule has 2 aromatic rings. The molecule has 1 unspecified atom stereocenters. The fraction of sp³-hybridized carbons (Fsp3) is 0.429. The Hall–Kier alpha value is -1.68. The number of hydrogen-bond acceptors (Lipinski definition) is 3. The van der Waals surface area contributed by atoms with Crippen LogP contribution in [0, 0.1) is 6.92 Å². The minimum absolute atomic E-state index is 0.124.